The van der Waals surface area contributed by atoms with Gasteiger partial charge in [0.2, 0.25) is 5.91 Å². The molecule has 2 amide bonds. The number of anilines is 2. The first-order valence-electron chi connectivity index (χ1n) is 9.33. The SMILES string of the molecule is CC(=O)Nc1nc2ccc(NC(=O)c3ccc(COc4ccccc4)cc3)cc2s1. The van der Waals surface area contributed by atoms with Crippen molar-refractivity contribution in [2.24, 2.45) is 0 Å². The van der Waals surface area contributed by atoms with E-state index in [2.05, 4.69) is 15.6 Å². The fourth-order valence-electron chi connectivity index (χ4n) is 2.85. The fourth-order valence-corrected chi connectivity index (χ4v) is 3.80. The van der Waals surface area contributed by atoms with Gasteiger partial charge < -0.3 is 15.4 Å². The molecule has 6 nitrogen and oxygen atoms in total. The predicted molar refractivity (Wildman–Crippen MR) is 119 cm³/mol. The van der Waals surface area contributed by atoms with Crippen LogP contribution in [-0.2, 0) is 11.4 Å². The van der Waals surface area contributed by atoms with E-state index in [0.29, 0.717) is 23.0 Å². The average Bonchev–Trinajstić information content (AvgIpc) is 3.14. The van der Waals surface area contributed by atoms with Crippen LogP contribution in [0.25, 0.3) is 10.2 Å². The smallest absolute Gasteiger partial charge is 0.255 e. The Hall–Kier alpha value is -3.71. The molecule has 0 unspecified atom stereocenters. The molecule has 4 aromatic rings. The number of thiazole rings is 1. The molecule has 0 saturated heterocycles. The number of benzene rings is 3. The number of rotatable bonds is 6. The molecule has 0 spiro atoms. The lowest BCUT2D eigenvalue weighted by molar-refractivity contribution is -0.114. The van der Waals surface area contributed by atoms with Crippen LogP contribution in [0.15, 0.2) is 72.8 Å². The minimum Gasteiger partial charge on any atom is -0.489 e. The summed E-state index contributed by atoms with van der Waals surface area (Å²) in [7, 11) is 0. The Morgan fingerprint density at radius 3 is 2.47 bits per heavy atom. The monoisotopic (exact) mass is 417 g/mol. The van der Waals surface area contributed by atoms with Crippen molar-refractivity contribution in [3.63, 3.8) is 0 Å². The maximum absolute atomic E-state index is 12.6. The fraction of sp³-hybridized carbons (Fsp3) is 0.0870. The molecule has 150 valence electrons. The lowest BCUT2D eigenvalue weighted by Crippen LogP contribution is -2.11. The zero-order valence-electron chi connectivity index (χ0n) is 16.2. The van der Waals surface area contributed by atoms with Crippen molar-refractivity contribution in [3.8, 4) is 5.75 Å². The topological polar surface area (TPSA) is 80.3 Å². The van der Waals surface area contributed by atoms with E-state index in [4.69, 9.17) is 4.74 Å². The summed E-state index contributed by atoms with van der Waals surface area (Å²) in [6.45, 7) is 1.88. The third-order valence-corrected chi connectivity index (χ3v) is 5.23. The molecule has 2 N–H and O–H groups in total. The van der Waals surface area contributed by atoms with Crippen LogP contribution < -0.4 is 15.4 Å². The molecule has 0 atom stereocenters. The molecular weight excluding hydrogens is 398 g/mol. The summed E-state index contributed by atoms with van der Waals surface area (Å²) in [5.41, 5.74) is 2.97. The van der Waals surface area contributed by atoms with Gasteiger partial charge in [0.05, 0.1) is 10.2 Å². The predicted octanol–water partition coefficient (Wildman–Crippen LogP) is 5.09. The summed E-state index contributed by atoms with van der Waals surface area (Å²) in [6, 6.07) is 22.4. The highest BCUT2D eigenvalue weighted by Gasteiger charge is 2.09. The first kappa shape index (κ1) is 19.6. The number of para-hydroxylation sites is 1. The van der Waals surface area contributed by atoms with Crippen LogP contribution in [0.2, 0.25) is 0 Å². The Balaban J connectivity index is 1.40. The molecule has 4 rings (SSSR count). The van der Waals surface area contributed by atoms with E-state index in [0.717, 1.165) is 21.5 Å². The number of nitrogens with zero attached hydrogens (tertiary/aromatic N) is 1. The number of hydrogen-bond acceptors (Lipinski definition) is 5. The van der Waals surface area contributed by atoms with Gasteiger partial charge >= 0.3 is 0 Å². The standard InChI is InChI=1S/C23H19N3O3S/c1-15(27)24-23-26-20-12-11-18(13-21(20)30-23)25-22(28)17-9-7-16(8-10-17)14-29-19-5-3-2-4-6-19/h2-13H,14H2,1H3,(H,25,28)(H,24,26,27). The molecule has 0 aliphatic rings. The zero-order valence-corrected chi connectivity index (χ0v) is 17.0. The van der Waals surface area contributed by atoms with Crippen LogP contribution >= 0.6 is 11.3 Å². The number of carbonyl (C=O) groups excluding carboxylic acids is 2. The molecule has 1 heterocycles. The molecule has 0 saturated carbocycles. The van der Waals surface area contributed by atoms with E-state index in [1.807, 2.05) is 54.6 Å². The second-order valence-electron chi connectivity index (χ2n) is 6.64. The number of fused-ring (bicyclic) bond motifs is 1. The molecule has 30 heavy (non-hydrogen) atoms. The highest BCUT2D eigenvalue weighted by atomic mass is 32.1. The summed E-state index contributed by atoms with van der Waals surface area (Å²) >= 11 is 1.36. The van der Waals surface area contributed by atoms with Crippen molar-refractivity contribution in [1.82, 2.24) is 4.98 Å². The zero-order chi connectivity index (χ0) is 20.9. The number of hydrogen-bond donors (Lipinski definition) is 2. The Kier molecular flexibility index (Phi) is 5.72. The van der Waals surface area contributed by atoms with Gasteiger partial charge in [0, 0.05) is 18.2 Å². The van der Waals surface area contributed by atoms with Crippen molar-refractivity contribution in [2.45, 2.75) is 13.5 Å². The Morgan fingerprint density at radius 1 is 0.967 bits per heavy atom. The van der Waals surface area contributed by atoms with Crippen LogP contribution in [-0.4, -0.2) is 16.8 Å². The summed E-state index contributed by atoms with van der Waals surface area (Å²) in [4.78, 5) is 28.1. The van der Waals surface area contributed by atoms with Gasteiger partial charge in [0.1, 0.15) is 12.4 Å². The molecule has 0 bridgehead atoms. The number of aromatic nitrogens is 1. The van der Waals surface area contributed by atoms with Gasteiger partial charge in [-0.25, -0.2) is 4.98 Å². The highest BCUT2D eigenvalue weighted by molar-refractivity contribution is 7.22. The van der Waals surface area contributed by atoms with Gasteiger partial charge in [-0.1, -0.05) is 41.7 Å². The third-order valence-electron chi connectivity index (χ3n) is 4.29. The number of ether oxygens (including phenoxy) is 1. The second kappa shape index (κ2) is 8.75. The average molecular weight is 417 g/mol. The van der Waals surface area contributed by atoms with Crippen LogP contribution in [0.1, 0.15) is 22.8 Å². The first-order chi connectivity index (χ1) is 14.6. The normalized spacial score (nSPS) is 10.6. The van der Waals surface area contributed by atoms with Gasteiger partial charge in [-0.2, -0.15) is 0 Å². The van der Waals surface area contributed by atoms with Crippen molar-refractivity contribution in [3.05, 3.63) is 83.9 Å². The lowest BCUT2D eigenvalue weighted by atomic mass is 10.1. The van der Waals surface area contributed by atoms with Crippen LogP contribution in [0.4, 0.5) is 10.8 Å². The molecule has 3 aromatic carbocycles. The first-order valence-corrected chi connectivity index (χ1v) is 10.1. The van der Waals surface area contributed by atoms with Crippen LogP contribution in [0, 0.1) is 0 Å². The largest absolute Gasteiger partial charge is 0.489 e. The van der Waals surface area contributed by atoms with Crippen molar-refractivity contribution in [2.75, 3.05) is 10.6 Å². The number of nitrogens with one attached hydrogen (secondary N) is 2. The maximum atomic E-state index is 12.6. The Bertz CT molecular complexity index is 1190. The van der Waals surface area contributed by atoms with Crippen LogP contribution in [0.3, 0.4) is 0 Å². The lowest BCUT2D eigenvalue weighted by Gasteiger charge is -2.08. The number of amides is 2. The molecular formula is C23H19N3O3S. The van der Waals surface area contributed by atoms with Gasteiger partial charge in [-0.15, -0.1) is 0 Å². The van der Waals surface area contributed by atoms with E-state index in [9.17, 15) is 9.59 Å². The Labute approximate surface area is 177 Å². The van der Waals surface area contributed by atoms with E-state index >= 15 is 0 Å². The maximum Gasteiger partial charge on any atom is 0.255 e. The molecule has 0 fully saturated rings. The minimum atomic E-state index is -0.198. The Morgan fingerprint density at radius 2 is 1.73 bits per heavy atom. The quantitative estimate of drug-likeness (QED) is 0.458. The highest BCUT2D eigenvalue weighted by Crippen LogP contribution is 2.28. The molecule has 0 aliphatic carbocycles. The van der Waals surface area contributed by atoms with E-state index in [-0.39, 0.29) is 11.8 Å². The van der Waals surface area contributed by atoms with Crippen LogP contribution in [0.5, 0.6) is 5.75 Å². The van der Waals surface area contributed by atoms with Crippen molar-refractivity contribution < 1.29 is 14.3 Å². The van der Waals surface area contributed by atoms with E-state index in [1.54, 1.807) is 18.2 Å². The van der Waals surface area contributed by atoms with Crippen molar-refractivity contribution in [1.29, 1.82) is 0 Å². The van der Waals surface area contributed by atoms with Crippen molar-refractivity contribution >= 4 is 44.2 Å². The van der Waals surface area contributed by atoms with Gasteiger partial charge in [-0.05, 0) is 48.0 Å². The summed E-state index contributed by atoms with van der Waals surface area (Å²) < 4.78 is 6.60. The van der Waals surface area contributed by atoms with E-state index in [1.165, 1.54) is 18.3 Å². The summed E-state index contributed by atoms with van der Waals surface area (Å²) in [5.74, 6) is 0.441. The minimum absolute atomic E-state index is 0.166. The summed E-state index contributed by atoms with van der Waals surface area (Å²) in [6.07, 6.45) is 0. The van der Waals surface area contributed by atoms with E-state index < -0.39 is 0 Å². The van der Waals surface area contributed by atoms with Gasteiger partial charge in [0.15, 0.2) is 5.13 Å². The van der Waals surface area contributed by atoms with Gasteiger partial charge in [-0.3, -0.25) is 9.59 Å². The molecule has 1 aromatic heterocycles. The molecule has 0 aliphatic heterocycles. The third kappa shape index (κ3) is 4.82. The molecule has 7 heteroatoms. The second-order valence-corrected chi connectivity index (χ2v) is 7.67. The summed E-state index contributed by atoms with van der Waals surface area (Å²) in [5, 5.41) is 6.11. The number of carbonyl (C=O) groups is 2. The molecule has 0 radical (unpaired) electrons. The van der Waals surface area contributed by atoms with Gasteiger partial charge in [0.25, 0.3) is 5.91 Å².